The van der Waals surface area contributed by atoms with Crippen LogP contribution < -0.4 is 9.80 Å². The fourth-order valence-corrected chi connectivity index (χ4v) is 11.2. The number of hydrogen-bond donors (Lipinski definition) is 0. The van der Waals surface area contributed by atoms with E-state index >= 15 is 0 Å². The number of carbonyl (C=O) groups is 1. The van der Waals surface area contributed by atoms with Gasteiger partial charge in [-0.2, -0.15) is 19.9 Å². The number of aromatic nitrogens is 12. The molecule has 2 aromatic carbocycles. The second kappa shape index (κ2) is 18.5. The molecule has 0 spiro atoms. The third-order valence-corrected chi connectivity index (χ3v) is 15.2. The lowest BCUT2D eigenvalue weighted by Crippen LogP contribution is -2.49. The molecule has 10 heterocycles. The minimum absolute atomic E-state index is 0.162. The van der Waals surface area contributed by atoms with Crippen LogP contribution >= 0.6 is 0 Å². The van der Waals surface area contributed by atoms with E-state index in [1.165, 1.54) is 0 Å². The molecule has 19 nitrogen and oxygen atoms in total. The van der Waals surface area contributed by atoms with Crippen LogP contribution in [0, 0.1) is 11.8 Å². The van der Waals surface area contributed by atoms with Gasteiger partial charge in [0.15, 0.2) is 34.0 Å². The van der Waals surface area contributed by atoms with Gasteiger partial charge in [-0.05, 0) is 61.8 Å². The number of nitrogens with zero attached hydrogens (tertiary/aromatic N) is 16. The quantitative estimate of drug-likeness (QED) is 0.160. The molecule has 0 N–H and O–H groups in total. The number of urea groups is 1. The van der Waals surface area contributed by atoms with E-state index in [4.69, 9.17) is 49.3 Å². The Morgan fingerprint density at radius 2 is 0.914 bits per heavy atom. The normalized spacial score (nSPS) is 17.9. The summed E-state index contributed by atoms with van der Waals surface area (Å²) in [4.78, 5) is 64.0. The van der Waals surface area contributed by atoms with E-state index in [2.05, 4.69) is 77.9 Å². The summed E-state index contributed by atoms with van der Waals surface area (Å²) in [6, 6.07) is 16.5. The van der Waals surface area contributed by atoms with Crippen LogP contribution in [0.5, 0.6) is 0 Å². The van der Waals surface area contributed by atoms with Gasteiger partial charge in [0.05, 0.1) is 48.5 Å². The number of ether oxygens (including phenoxy) is 2. The maximum absolute atomic E-state index is 14.1. The van der Waals surface area contributed by atoms with E-state index in [9.17, 15) is 4.79 Å². The fourth-order valence-electron chi connectivity index (χ4n) is 11.2. The van der Waals surface area contributed by atoms with E-state index in [0.29, 0.717) is 50.2 Å². The van der Waals surface area contributed by atoms with Crippen LogP contribution in [0.4, 0.5) is 16.4 Å². The van der Waals surface area contributed by atoms with Gasteiger partial charge in [0.25, 0.3) is 0 Å². The van der Waals surface area contributed by atoms with E-state index < -0.39 is 0 Å². The van der Waals surface area contributed by atoms with Gasteiger partial charge in [-0.1, -0.05) is 38.1 Å². The summed E-state index contributed by atoms with van der Waals surface area (Å²) in [5.41, 5.74) is 7.13. The number of benzene rings is 2. The monoisotopic (exact) mass is 947 g/mol. The number of fused-ring (bicyclic) bond motifs is 4. The summed E-state index contributed by atoms with van der Waals surface area (Å²) in [7, 11) is 4.16. The second-order valence-corrected chi connectivity index (χ2v) is 19.4. The van der Waals surface area contributed by atoms with Crippen molar-refractivity contribution in [2.75, 3.05) is 88.6 Å². The number of likely N-dealkylation sites (tertiary alicyclic amines) is 2. The number of amides is 2. The second-order valence-electron chi connectivity index (χ2n) is 19.4. The summed E-state index contributed by atoms with van der Waals surface area (Å²) in [5, 5.41) is 0. The SMILES string of the molecule is CCc1nc2ccccc2n1-c1nc(N2CCOCC2)c2nc(CC3CCN(C(=O)N4CCC(Cc5nc6c(N7CCOCC7)nc(-n7c(CC)nc8ccccc87)nc6n5C)CC4)CC3)n(C)c2n1. The molecule has 4 aliphatic rings. The number of imidazole rings is 4. The molecule has 0 atom stereocenters. The number of morpholine rings is 2. The highest BCUT2D eigenvalue weighted by molar-refractivity contribution is 5.87. The molecule has 0 radical (unpaired) electrons. The number of para-hydroxylation sites is 4. The summed E-state index contributed by atoms with van der Waals surface area (Å²) in [6.45, 7) is 12.8. The van der Waals surface area contributed by atoms with Crippen molar-refractivity contribution in [2.24, 2.45) is 25.9 Å². The van der Waals surface area contributed by atoms with E-state index in [1.54, 1.807) is 0 Å². The molecule has 0 aliphatic carbocycles. The van der Waals surface area contributed by atoms with Crippen LogP contribution in [0.2, 0.25) is 0 Å². The van der Waals surface area contributed by atoms with Crippen molar-refractivity contribution in [3.63, 3.8) is 0 Å². The molecular formula is C51H62N16O3. The molecule has 8 aromatic rings. The van der Waals surface area contributed by atoms with Crippen LogP contribution in [0.25, 0.3) is 56.3 Å². The van der Waals surface area contributed by atoms with E-state index in [-0.39, 0.29) is 6.03 Å². The number of piperidine rings is 2. The molecule has 0 unspecified atom stereocenters. The van der Waals surface area contributed by atoms with E-state index in [1.807, 2.05) is 36.4 Å². The van der Waals surface area contributed by atoms with Crippen molar-refractivity contribution < 1.29 is 14.3 Å². The summed E-state index contributed by atoms with van der Waals surface area (Å²) in [6.07, 6.45) is 6.86. The topological polar surface area (TPSA) is 171 Å². The largest absolute Gasteiger partial charge is 0.378 e. The molecule has 4 saturated heterocycles. The van der Waals surface area contributed by atoms with E-state index in [0.717, 1.165) is 183 Å². The van der Waals surface area contributed by atoms with Gasteiger partial charge >= 0.3 is 6.03 Å². The highest BCUT2D eigenvalue weighted by atomic mass is 16.5. The number of anilines is 2. The van der Waals surface area contributed by atoms with Gasteiger partial charge in [-0.25, -0.2) is 24.7 Å². The van der Waals surface area contributed by atoms with Crippen molar-refractivity contribution in [1.29, 1.82) is 0 Å². The smallest absolute Gasteiger partial charge is 0.319 e. The third kappa shape index (κ3) is 7.95. The average molecular weight is 947 g/mol. The van der Waals surface area contributed by atoms with Crippen LogP contribution in [0.3, 0.4) is 0 Å². The Kier molecular flexibility index (Phi) is 11.8. The van der Waals surface area contributed by atoms with Gasteiger partial charge in [-0.15, -0.1) is 0 Å². The first-order valence-corrected chi connectivity index (χ1v) is 25.4. The van der Waals surface area contributed by atoms with Crippen molar-refractivity contribution in [1.82, 2.24) is 67.9 Å². The van der Waals surface area contributed by atoms with Gasteiger partial charge in [0.1, 0.15) is 23.3 Å². The number of rotatable bonds is 10. The van der Waals surface area contributed by atoms with Crippen LogP contribution in [-0.2, 0) is 49.3 Å². The first kappa shape index (κ1) is 44.5. The Morgan fingerprint density at radius 3 is 1.31 bits per heavy atom. The molecule has 12 rings (SSSR count). The number of carbonyl (C=O) groups excluding carboxylic acids is 1. The first-order valence-electron chi connectivity index (χ1n) is 25.4. The maximum Gasteiger partial charge on any atom is 0.319 e. The fraction of sp³-hybridized carbons (Fsp3) is 0.510. The molecule has 0 bridgehead atoms. The highest BCUT2D eigenvalue weighted by Crippen LogP contribution is 2.33. The van der Waals surface area contributed by atoms with Crippen molar-refractivity contribution >= 4 is 62.1 Å². The van der Waals surface area contributed by atoms with Crippen LogP contribution in [0.1, 0.15) is 62.8 Å². The summed E-state index contributed by atoms with van der Waals surface area (Å²) in [5.74, 6) is 7.56. The van der Waals surface area contributed by atoms with Gasteiger partial charge in [-0.3, -0.25) is 9.13 Å². The average Bonchev–Trinajstić information content (AvgIpc) is 4.16. The summed E-state index contributed by atoms with van der Waals surface area (Å²) >= 11 is 0. The lowest BCUT2D eigenvalue weighted by Gasteiger charge is -2.38. The van der Waals surface area contributed by atoms with Gasteiger partial charge in [0.2, 0.25) is 11.9 Å². The Labute approximate surface area is 406 Å². The van der Waals surface area contributed by atoms with Crippen molar-refractivity contribution in [3.8, 4) is 11.9 Å². The minimum Gasteiger partial charge on any atom is -0.378 e. The van der Waals surface area contributed by atoms with Crippen LogP contribution in [0.15, 0.2) is 48.5 Å². The van der Waals surface area contributed by atoms with Gasteiger partial charge < -0.3 is 38.2 Å². The predicted molar refractivity (Wildman–Crippen MR) is 268 cm³/mol. The lowest BCUT2D eigenvalue weighted by atomic mass is 9.92. The molecule has 4 fully saturated rings. The zero-order chi connectivity index (χ0) is 47.5. The first-order chi connectivity index (χ1) is 34.3. The standard InChI is InChI=1S/C51H62N16O3/c1-5-39-52-35-11-7-9-13-37(35)66(39)49-56-45-43(47(58-49)62-23-27-69-28-24-62)54-41(60(45)3)31-33-15-19-64(20-16-33)51(68)65-21-17-34(18-22-65)32-42-55-44-46(61(42)4)57-50(59-48(44)63-25-29-70-30-26-63)67-38-14-10-8-12-36(38)53-40(67)6-2/h7-14,33-34H,5-6,15-32H2,1-4H3. The lowest BCUT2D eigenvalue weighted by molar-refractivity contribution is 0.115. The number of hydrogen-bond acceptors (Lipinski definition) is 13. The molecule has 0 saturated carbocycles. The summed E-state index contributed by atoms with van der Waals surface area (Å²) < 4.78 is 20.0. The third-order valence-electron chi connectivity index (χ3n) is 15.2. The molecule has 4 aliphatic heterocycles. The number of aryl methyl sites for hydroxylation is 4. The van der Waals surface area contributed by atoms with Crippen LogP contribution in [-0.4, -0.2) is 153 Å². The Morgan fingerprint density at radius 1 is 0.514 bits per heavy atom. The Bertz CT molecular complexity index is 3000. The van der Waals surface area contributed by atoms with Gasteiger partial charge in [0, 0.05) is 92.1 Å². The zero-order valence-corrected chi connectivity index (χ0v) is 40.8. The highest BCUT2D eigenvalue weighted by Gasteiger charge is 2.33. The Balaban J connectivity index is 0.717. The van der Waals surface area contributed by atoms with Crippen molar-refractivity contribution in [2.45, 2.75) is 65.2 Å². The molecule has 19 heteroatoms. The minimum atomic E-state index is 0.162. The molecule has 2 amide bonds. The molecule has 6 aromatic heterocycles. The molecule has 364 valence electrons. The Hall–Kier alpha value is -6.73. The zero-order valence-electron chi connectivity index (χ0n) is 40.8. The maximum atomic E-state index is 14.1. The molecular weight excluding hydrogens is 885 g/mol. The predicted octanol–water partition coefficient (Wildman–Crippen LogP) is 5.85. The van der Waals surface area contributed by atoms with Crippen molar-refractivity contribution in [3.05, 3.63) is 71.8 Å². The molecule has 70 heavy (non-hydrogen) atoms.